The Bertz CT molecular complexity index is 976. The first-order valence-corrected chi connectivity index (χ1v) is 11.3. The van der Waals surface area contributed by atoms with Crippen LogP contribution in [0.2, 0.25) is 0 Å². The summed E-state index contributed by atoms with van der Waals surface area (Å²) < 4.78 is 36.9. The van der Waals surface area contributed by atoms with Crippen LogP contribution in [-0.2, 0) is 25.0 Å². The molecule has 0 aromatic heterocycles. The lowest BCUT2D eigenvalue weighted by Gasteiger charge is -2.30. The summed E-state index contributed by atoms with van der Waals surface area (Å²) in [7, 11) is -3.17. The van der Waals surface area contributed by atoms with Crippen LogP contribution in [0.15, 0.2) is 24.3 Å². The molecular formula is C19H22FN3O5S. The zero-order valence-corrected chi connectivity index (χ0v) is 16.7. The number of hydrogen-bond donors (Lipinski definition) is 1. The molecule has 8 nitrogen and oxygen atoms in total. The third-order valence-electron chi connectivity index (χ3n) is 5.82. The number of halogens is 1. The first-order valence-electron chi connectivity index (χ1n) is 9.52. The van der Waals surface area contributed by atoms with Crippen LogP contribution in [0.4, 0.5) is 9.18 Å². The maximum atomic E-state index is 13.2. The minimum Gasteiger partial charge on any atom is -0.334 e. The van der Waals surface area contributed by atoms with Crippen LogP contribution < -0.4 is 5.32 Å². The van der Waals surface area contributed by atoms with Crippen LogP contribution in [0.5, 0.6) is 0 Å². The number of rotatable bonds is 5. The molecule has 2 atom stereocenters. The van der Waals surface area contributed by atoms with Crippen molar-refractivity contribution in [3.8, 4) is 0 Å². The van der Waals surface area contributed by atoms with Gasteiger partial charge in [-0.3, -0.25) is 14.5 Å². The highest BCUT2D eigenvalue weighted by molar-refractivity contribution is 7.91. The maximum absolute atomic E-state index is 13.2. The van der Waals surface area contributed by atoms with Crippen molar-refractivity contribution in [3.05, 3.63) is 35.6 Å². The molecule has 0 spiro atoms. The molecule has 2 unspecified atom stereocenters. The summed E-state index contributed by atoms with van der Waals surface area (Å²) in [6.45, 7) is 1.06. The van der Waals surface area contributed by atoms with Gasteiger partial charge in [-0.15, -0.1) is 0 Å². The zero-order valence-electron chi connectivity index (χ0n) is 15.9. The lowest BCUT2D eigenvalue weighted by atomic mass is 9.92. The molecule has 156 valence electrons. The van der Waals surface area contributed by atoms with Gasteiger partial charge in [0.15, 0.2) is 9.84 Å². The quantitative estimate of drug-likeness (QED) is 0.705. The van der Waals surface area contributed by atoms with Gasteiger partial charge in [-0.25, -0.2) is 17.6 Å². The van der Waals surface area contributed by atoms with Crippen molar-refractivity contribution in [3.63, 3.8) is 0 Å². The number of amides is 4. The van der Waals surface area contributed by atoms with Crippen LogP contribution in [0.25, 0.3) is 0 Å². The van der Waals surface area contributed by atoms with E-state index in [0.29, 0.717) is 12.0 Å². The van der Waals surface area contributed by atoms with Gasteiger partial charge in [-0.2, -0.15) is 0 Å². The summed E-state index contributed by atoms with van der Waals surface area (Å²) in [5, 5.41) is 2.59. The van der Waals surface area contributed by atoms with Gasteiger partial charge in [-0.1, -0.05) is 12.1 Å². The monoisotopic (exact) mass is 423 g/mol. The molecule has 0 bridgehead atoms. The topological polar surface area (TPSA) is 104 Å². The van der Waals surface area contributed by atoms with Crippen molar-refractivity contribution in [1.29, 1.82) is 0 Å². The lowest BCUT2D eigenvalue weighted by Crippen LogP contribution is -2.49. The molecule has 4 amide bonds. The summed E-state index contributed by atoms with van der Waals surface area (Å²) >= 11 is 0. The predicted molar refractivity (Wildman–Crippen MR) is 101 cm³/mol. The van der Waals surface area contributed by atoms with E-state index >= 15 is 0 Å². The van der Waals surface area contributed by atoms with Gasteiger partial charge in [0, 0.05) is 12.1 Å². The summed E-state index contributed by atoms with van der Waals surface area (Å²) in [6.07, 6.45) is 1.95. The number of hydrogen-bond acceptors (Lipinski definition) is 5. The largest absolute Gasteiger partial charge is 0.334 e. The Morgan fingerprint density at radius 2 is 1.86 bits per heavy atom. The highest BCUT2D eigenvalue weighted by Crippen LogP contribution is 2.33. The highest BCUT2D eigenvalue weighted by atomic mass is 32.2. The van der Waals surface area contributed by atoms with Crippen LogP contribution in [-0.4, -0.2) is 66.2 Å². The van der Waals surface area contributed by atoms with Crippen molar-refractivity contribution in [2.24, 2.45) is 0 Å². The Balaban J connectivity index is 1.52. The third kappa shape index (κ3) is 3.61. The molecular weight excluding hydrogens is 401 g/mol. The zero-order chi connectivity index (χ0) is 21.0. The van der Waals surface area contributed by atoms with E-state index in [1.54, 1.807) is 4.90 Å². The van der Waals surface area contributed by atoms with Crippen molar-refractivity contribution >= 4 is 27.7 Å². The van der Waals surface area contributed by atoms with E-state index < -0.39 is 51.6 Å². The summed E-state index contributed by atoms with van der Waals surface area (Å²) in [4.78, 5) is 40.8. The number of sulfone groups is 1. The summed E-state index contributed by atoms with van der Waals surface area (Å²) in [5.41, 5.74) is -0.986. The molecule has 2 aliphatic heterocycles. The second-order valence-corrected chi connectivity index (χ2v) is 10.3. The highest BCUT2D eigenvalue weighted by Gasteiger charge is 2.51. The van der Waals surface area contributed by atoms with E-state index in [4.69, 9.17) is 0 Å². The molecule has 0 radical (unpaired) electrons. The Morgan fingerprint density at radius 3 is 2.41 bits per heavy atom. The van der Waals surface area contributed by atoms with E-state index in [1.165, 1.54) is 31.2 Å². The number of carbonyl (C=O) groups excluding carboxylic acids is 3. The van der Waals surface area contributed by atoms with Crippen LogP contribution in [0.1, 0.15) is 31.7 Å². The second-order valence-electron chi connectivity index (χ2n) is 8.04. The van der Waals surface area contributed by atoms with E-state index in [-0.39, 0.29) is 17.5 Å². The molecule has 1 N–H and O–H groups in total. The molecule has 2 saturated heterocycles. The predicted octanol–water partition coefficient (Wildman–Crippen LogP) is 0.771. The minimum atomic E-state index is -3.17. The number of benzene rings is 1. The van der Waals surface area contributed by atoms with E-state index in [1.807, 2.05) is 0 Å². The molecule has 29 heavy (non-hydrogen) atoms. The van der Waals surface area contributed by atoms with E-state index in [9.17, 15) is 27.2 Å². The fourth-order valence-corrected chi connectivity index (χ4v) is 5.80. The molecule has 1 aromatic rings. The Hall–Kier alpha value is -2.49. The molecule has 3 fully saturated rings. The standard InChI is InChI=1S/C19H22FN3O5S/c1-19(12-2-4-13(20)5-3-12)17(25)22(18(26)21-19)10-16(24)23(14-6-7-14)15-8-9-29(27,28)11-15/h2-5,14-15H,6-11H2,1H3,(H,21,26). The average molecular weight is 423 g/mol. The van der Waals surface area contributed by atoms with Crippen LogP contribution >= 0.6 is 0 Å². The molecule has 1 aliphatic carbocycles. The normalized spacial score (nSPS) is 28.5. The van der Waals surface area contributed by atoms with E-state index in [0.717, 1.165) is 17.7 Å². The number of urea groups is 1. The molecule has 1 aromatic carbocycles. The lowest BCUT2D eigenvalue weighted by molar-refractivity contribution is -0.140. The van der Waals surface area contributed by atoms with Crippen molar-refractivity contribution in [2.45, 2.75) is 43.8 Å². The average Bonchev–Trinajstić information content (AvgIpc) is 3.37. The first-order chi connectivity index (χ1) is 13.6. The minimum absolute atomic E-state index is 0.0370. The van der Waals surface area contributed by atoms with Gasteiger partial charge in [0.25, 0.3) is 5.91 Å². The molecule has 1 saturated carbocycles. The van der Waals surface area contributed by atoms with Crippen LogP contribution in [0.3, 0.4) is 0 Å². The van der Waals surface area contributed by atoms with Gasteiger partial charge in [0.05, 0.1) is 11.5 Å². The van der Waals surface area contributed by atoms with Crippen molar-refractivity contribution in [2.75, 3.05) is 18.1 Å². The van der Waals surface area contributed by atoms with E-state index in [2.05, 4.69) is 5.32 Å². The van der Waals surface area contributed by atoms with Gasteiger partial charge in [-0.05, 0) is 43.9 Å². The van der Waals surface area contributed by atoms with Crippen LogP contribution in [0, 0.1) is 5.82 Å². The van der Waals surface area contributed by atoms with Gasteiger partial charge >= 0.3 is 6.03 Å². The molecule has 3 aliphatic rings. The number of imide groups is 1. The number of nitrogens with zero attached hydrogens (tertiary/aromatic N) is 2. The molecule has 2 heterocycles. The first kappa shape index (κ1) is 19.8. The summed E-state index contributed by atoms with van der Waals surface area (Å²) in [5.74, 6) is -1.53. The van der Waals surface area contributed by atoms with Crippen molar-refractivity contribution < 1.29 is 27.2 Å². The Kier molecular flexibility index (Phi) is 4.64. The fraction of sp³-hybridized carbons (Fsp3) is 0.526. The number of carbonyl (C=O) groups is 3. The molecule has 10 heteroatoms. The summed E-state index contributed by atoms with van der Waals surface area (Å²) in [6, 6.07) is 4.07. The SMILES string of the molecule is CC1(c2ccc(F)cc2)NC(=O)N(CC(=O)N(C2CC2)C2CCS(=O)(=O)C2)C1=O. The Morgan fingerprint density at radius 1 is 1.21 bits per heavy atom. The number of nitrogens with one attached hydrogen (secondary N) is 1. The van der Waals surface area contributed by atoms with Gasteiger partial charge in [0.1, 0.15) is 17.9 Å². The van der Waals surface area contributed by atoms with Gasteiger partial charge in [0.2, 0.25) is 5.91 Å². The third-order valence-corrected chi connectivity index (χ3v) is 7.57. The molecule has 4 rings (SSSR count). The Labute approximate surface area is 168 Å². The van der Waals surface area contributed by atoms with Crippen molar-refractivity contribution in [1.82, 2.24) is 15.1 Å². The van der Waals surface area contributed by atoms with Gasteiger partial charge < -0.3 is 10.2 Å². The smallest absolute Gasteiger partial charge is 0.325 e. The maximum Gasteiger partial charge on any atom is 0.325 e. The fourth-order valence-electron chi connectivity index (χ4n) is 4.09. The second kappa shape index (κ2) is 6.79.